The van der Waals surface area contributed by atoms with Gasteiger partial charge in [0.05, 0.1) is 10.5 Å². The van der Waals surface area contributed by atoms with Crippen molar-refractivity contribution in [2.75, 3.05) is 0 Å². The highest BCUT2D eigenvalue weighted by molar-refractivity contribution is 8.14. The zero-order chi connectivity index (χ0) is 20.0. The van der Waals surface area contributed by atoms with E-state index < -0.39 is 11.8 Å². The minimum absolute atomic E-state index is 0.0174. The maximum atomic E-state index is 14.0. The third-order valence-electron chi connectivity index (χ3n) is 3.14. The third kappa shape index (κ3) is 5.94. The molecular weight excluding hydrogens is 387 g/mol. The Labute approximate surface area is 164 Å². The second-order valence-corrected chi connectivity index (χ2v) is 7.39. The van der Waals surface area contributed by atoms with Crippen molar-refractivity contribution in [1.82, 2.24) is 0 Å². The highest BCUT2D eigenvalue weighted by atomic mass is 32.2. The Hall–Kier alpha value is -2.64. The summed E-state index contributed by atoms with van der Waals surface area (Å²) >= 11 is 1.70. The van der Waals surface area contributed by atoms with Crippen LogP contribution in [-0.2, 0) is 9.59 Å². The van der Waals surface area contributed by atoms with Crippen molar-refractivity contribution in [2.45, 2.75) is 16.7 Å². The summed E-state index contributed by atoms with van der Waals surface area (Å²) < 4.78 is 19.1. The summed E-state index contributed by atoms with van der Waals surface area (Å²) in [6.45, 7) is 8.52. The van der Waals surface area contributed by atoms with Gasteiger partial charge in [0.1, 0.15) is 11.6 Å². The average Bonchev–Trinajstić information content (AvgIpc) is 2.64. The molecule has 4 nitrogen and oxygen atoms in total. The Morgan fingerprint density at radius 2 is 1.74 bits per heavy atom. The molecule has 0 spiro atoms. The van der Waals surface area contributed by atoms with Crippen molar-refractivity contribution in [3.8, 4) is 5.75 Å². The quantitative estimate of drug-likeness (QED) is 0.292. The number of benzene rings is 2. The minimum atomic E-state index is -0.675. The van der Waals surface area contributed by atoms with Crippen LogP contribution in [-0.4, -0.2) is 16.2 Å². The van der Waals surface area contributed by atoms with Crippen LogP contribution in [0.3, 0.4) is 0 Å². The van der Waals surface area contributed by atoms with Crippen molar-refractivity contribution < 1.29 is 23.5 Å². The van der Waals surface area contributed by atoms with Gasteiger partial charge in [-0.1, -0.05) is 13.2 Å². The molecule has 0 amide bonds. The lowest BCUT2D eigenvalue weighted by Crippen LogP contribution is -2.08. The molecule has 27 heavy (non-hydrogen) atoms. The Kier molecular flexibility index (Phi) is 7.15. The van der Waals surface area contributed by atoms with Crippen LogP contribution in [0.15, 0.2) is 77.1 Å². The number of carbonyl (C=O) groups excluding carboxylic acids is 3. The monoisotopic (exact) mass is 402 g/mol. The van der Waals surface area contributed by atoms with Crippen LogP contribution in [0.25, 0.3) is 0 Å². The predicted molar refractivity (Wildman–Crippen MR) is 105 cm³/mol. The van der Waals surface area contributed by atoms with E-state index in [4.69, 9.17) is 4.74 Å². The van der Waals surface area contributed by atoms with Gasteiger partial charge >= 0.3 is 5.97 Å². The highest BCUT2D eigenvalue weighted by Gasteiger charge is 2.13. The Morgan fingerprint density at radius 3 is 2.30 bits per heavy atom. The van der Waals surface area contributed by atoms with Gasteiger partial charge < -0.3 is 4.74 Å². The number of hydrogen-bond donors (Lipinski definition) is 0. The van der Waals surface area contributed by atoms with Crippen LogP contribution in [0.2, 0.25) is 0 Å². The maximum Gasteiger partial charge on any atom is 0.343 e. The zero-order valence-corrected chi connectivity index (χ0v) is 16.0. The largest absolute Gasteiger partial charge is 0.423 e. The van der Waals surface area contributed by atoms with Gasteiger partial charge in [0.25, 0.3) is 0 Å². The van der Waals surface area contributed by atoms with E-state index in [1.54, 1.807) is 19.1 Å². The van der Waals surface area contributed by atoms with Crippen LogP contribution in [0, 0.1) is 5.82 Å². The molecule has 0 aromatic heterocycles. The molecule has 0 aliphatic heterocycles. The van der Waals surface area contributed by atoms with E-state index in [1.165, 1.54) is 24.3 Å². The SMILES string of the molecule is C=CC(=O)Sc1ccc(OC(=O)c2ccc(SC(=O)C(=C)C)cc2)cc1F. The first-order chi connectivity index (χ1) is 12.8. The molecule has 2 aromatic rings. The Balaban J connectivity index is 2.05. The van der Waals surface area contributed by atoms with Gasteiger partial charge in [0.2, 0.25) is 10.2 Å². The molecule has 0 saturated carbocycles. The molecule has 0 N–H and O–H groups in total. The van der Waals surface area contributed by atoms with Crippen LogP contribution in [0.1, 0.15) is 17.3 Å². The summed E-state index contributed by atoms with van der Waals surface area (Å²) in [5.41, 5.74) is 0.685. The van der Waals surface area contributed by atoms with Crippen LogP contribution < -0.4 is 4.74 Å². The second kappa shape index (κ2) is 9.34. The summed E-state index contributed by atoms with van der Waals surface area (Å²) in [6.07, 6.45) is 1.09. The fourth-order valence-corrected chi connectivity index (χ4v) is 3.05. The molecule has 2 aromatic carbocycles. The molecule has 0 radical (unpaired) electrons. The number of rotatable bonds is 6. The van der Waals surface area contributed by atoms with Crippen molar-refractivity contribution in [3.63, 3.8) is 0 Å². The number of halogens is 1. The molecule has 0 heterocycles. The summed E-state index contributed by atoms with van der Waals surface area (Å²) in [5.74, 6) is -1.32. The van der Waals surface area contributed by atoms with E-state index >= 15 is 0 Å². The number of ether oxygens (including phenoxy) is 1. The Bertz CT molecular complexity index is 920. The molecule has 0 saturated heterocycles. The second-order valence-electron chi connectivity index (χ2n) is 5.30. The number of hydrogen-bond acceptors (Lipinski definition) is 6. The maximum absolute atomic E-state index is 14.0. The van der Waals surface area contributed by atoms with Gasteiger partial charge in [-0.25, -0.2) is 9.18 Å². The smallest absolute Gasteiger partial charge is 0.343 e. The summed E-state index contributed by atoms with van der Waals surface area (Å²) in [7, 11) is 0. The molecule has 0 aliphatic rings. The summed E-state index contributed by atoms with van der Waals surface area (Å²) in [6, 6.07) is 10.0. The van der Waals surface area contributed by atoms with Gasteiger partial charge in [0.15, 0.2) is 0 Å². The Morgan fingerprint density at radius 1 is 1.07 bits per heavy atom. The molecule has 0 unspecified atom stereocenters. The molecule has 2 rings (SSSR count). The predicted octanol–water partition coefficient (Wildman–Crippen LogP) is 5.04. The van der Waals surface area contributed by atoms with E-state index in [0.29, 0.717) is 22.2 Å². The lowest BCUT2D eigenvalue weighted by Gasteiger charge is -2.07. The van der Waals surface area contributed by atoms with E-state index in [-0.39, 0.29) is 26.4 Å². The van der Waals surface area contributed by atoms with Crippen LogP contribution in [0.5, 0.6) is 5.75 Å². The molecule has 0 atom stereocenters. The molecule has 0 fully saturated rings. The van der Waals surface area contributed by atoms with Gasteiger partial charge in [-0.05, 0) is 78.5 Å². The number of esters is 1. The van der Waals surface area contributed by atoms with Crippen molar-refractivity contribution in [2.24, 2.45) is 0 Å². The summed E-state index contributed by atoms with van der Waals surface area (Å²) in [5, 5.41) is -0.546. The van der Waals surface area contributed by atoms with Crippen LogP contribution in [0.4, 0.5) is 4.39 Å². The normalized spacial score (nSPS) is 10.1. The number of thioether (sulfide) groups is 2. The van der Waals surface area contributed by atoms with Crippen molar-refractivity contribution in [3.05, 3.63) is 78.7 Å². The van der Waals surface area contributed by atoms with E-state index in [0.717, 1.165) is 23.9 Å². The van der Waals surface area contributed by atoms with Crippen LogP contribution >= 0.6 is 23.5 Å². The zero-order valence-electron chi connectivity index (χ0n) is 14.4. The first kappa shape index (κ1) is 20.7. The fraction of sp³-hybridized carbons (Fsp3) is 0.0500. The minimum Gasteiger partial charge on any atom is -0.423 e. The molecule has 0 aliphatic carbocycles. The lowest BCUT2D eigenvalue weighted by atomic mass is 10.2. The van der Waals surface area contributed by atoms with Gasteiger partial charge in [-0.2, -0.15) is 0 Å². The molecule has 7 heteroatoms. The fourth-order valence-electron chi connectivity index (χ4n) is 1.80. The van der Waals surface area contributed by atoms with E-state index in [1.807, 2.05) is 0 Å². The molecule has 138 valence electrons. The van der Waals surface area contributed by atoms with Gasteiger partial charge in [-0.3, -0.25) is 9.59 Å². The summed E-state index contributed by atoms with van der Waals surface area (Å²) in [4.78, 5) is 35.9. The first-order valence-corrected chi connectivity index (χ1v) is 9.27. The average molecular weight is 402 g/mol. The third-order valence-corrected chi connectivity index (χ3v) is 5.10. The molecule has 0 bridgehead atoms. The van der Waals surface area contributed by atoms with Crippen molar-refractivity contribution in [1.29, 1.82) is 0 Å². The van der Waals surface area contributed by atoms with Gasteiger partial charge in [0, 0.05) is 11.0 Å². The topological polar surface area (TPSA) is 60.4 Å². The van der Waals surface area contributed by atoms with Gasteiger partial charge in [-0.15, -0.1) is 0 Å². The molecular formula is C20H15FO4S2. The first-order valence-electron chi connectivity index (χ1n) is 7.64. The van der Waals surface area contributed by atoms with E-state index in [2.05, 4.69) is 13.2 Å². The van der Waals surface area contributed by atoms with Crippen molar-refractivity contribution >= 4 is 39.7 Å². The highest BCUT2D eigenvalue weighted by Crippen LogP contribution is 2.27. The standard InChI is InChI=1S/C20H15FO4S2/c1-4-18(22)27-17-10-7-14(11-16(17)21)25-19(23)13-5-8-15(9-6-13)26-20(24)12(2)3/h4-11H,1-2H2,3H3. The number of carbonyl (C=O) groups is 3. The van der Waals surface area contributed by atoms with E-state index in [9.17, 15) is 18.8 Å². The lowest BCUT2D eigenvalue weighted by molar-refractivity contribution is -0.108.